The monoisotopic (exact) mass is 327 g/mol. The fourth-order valence-electron chi connectivity index (χ4n) is 3.63. The van der Waals surface area contributed by atoms with Gasteiger partial charge >= 0.3 is 0 Å². The molecule has 0 saturated carbocycles. The van der Waals surface area contributed by atoms with Crippen LogP contribution in [0.2, 0.25) is 0 Å². The summed E-state index contributed by atoms with van der Waals surface area (Å²) in [6.45, 7) is 12.8. The molecule has 0 aromatic carbocycles. The van der Waals surface area contributed by atoms with Gasteiger partial charge in [0.1, 0.15) is 11.6 Å². The molecule has 2 unspecified atom stereocenters. The molecule has 0 bridgehead atoms. The first-order valence-corrected chi connectivity index (χ1v) is 9.02. The van der Waals surface area contributed by atoms with Crippen molar-refractivity contribution in [3.05, 3.63) is 36.3 Å². The number of anilines is 1. The highest BCUT2D eigenvalue weighted by Gasteiger charge is 2.30. The Bertz CT molecular complexity index is 602. The highest BCUT2D eigenvalue weighted by atomic mass is 15.2. The topological polar surface area (TPSA) is 52.5 Å². The summed E-state index contributed by atoms with van der Waals surface area (Å²) >= 11 is 0. The van der Waals surface area contributed by atoms with Gasteiger partial charge in [0.15, 0.2) is 0 Å². The van der Waals surface area contributed by atoms with Gasteiger partial charge in [0.05, 0.1) is 0 Å². The number of aliphatic imine (C=N–C) groups is 1. The van der Waals surface area contributed by atoms with Crippen LogP contribution in [0.4, 0.5) is 5.82 Å². The number of pyridine rings is 1. The Morgan fingerprint density at radius 3 is 3.12 bits per heavy atom. The summed E-state index contributed by atoms with van der Waals surface area (Å²) in [5.74, 6) is 1.98. The van der Waals surface area contributed by atoms with E-state index in [1.54, 1.807) is 6.20 Å². The van der Waals surface area contributed by atoms with Gasteiger partial charge in [-0.05, 0) is 57.0 Å². The SMILES string of the molecule is C=C(N=C1CN(C2CCCNCC2)CC1C)Nc1cc(C)ccn1. The van der Waals surface area contributed by atoms with Gasteiger partial charge in [-0.15, -0.1) is 0 Å². The van der Waals surface area contributed by atoms with Gasteiger partial charge in [-0.2, -0.15) is 0 Å². The number of hydrogen-bond acceptors (Lipinski definition) is 5. The van der Waals surface area contributed by atoms with Gasteiger partial charge in [0, 0.05) is 37.0 Å². The van der Waals surface area contributed by atoms with Crippen LogP contribution in [0.5, 0.6) is 0 Å². The van der Waals surface area contributed by atoms with Gasteiger partial charge in [-0.1, -0.05) is 13.5 Å². The van der Waals surface area contributed by atoms with E-state index in [2.05, 4.69) is 40.9 Å². The Hall–Kier alpha value is -1.72. The van der Waals surface area contributed by atoms with Gasteiger partial charge in [-0.3, -0.25) is 4.90 Å². The molecule has 2 fully saturated rings. The molecule has 5 heteroatoms. The van der Waals surface area contributed by atoms with Crippen molar-refractivity contribution in [1.82, 2.24) is 15.2 Å². The Balaban J connectivity index is 1.61. The first kappa shape index (κ1) is 17.1. The van der Waals surface area contributed by atoms with Crippen molar-refractivity contribution in [2.45, 2.75) is 39.2 Å². The van der Waals surface area contributed by atoms with Crippen LogP contribution in [-0.4, -0.2) is 47.8 Å². The van der Waals surface area contributed by atoms with E-state index in [1.807, 2.05) is 12.1 Å². The molecule has 130 valence electrons. The van der Waals surface area contributed by atoms with Crippen LogP contribution in [0.25, 0.3) is 0 Å². The number of likely N-dealkylation sites (tertiary alicyclic amines) is 1. The van der Waals surface area contributed by atoms with E-state index in [0.29, 0.717) is 17.8 Å². The van der Waals surface area contributed by atoms with Crippen LogP contribution in [-0.2, 0) is 0 Å². The van der Waals surface area contributed by atoms with Crippen LogP contribution < -0.4 is 10.6 Å². The lowest BCUT2D eigenvalue weighted by Gasteiger charge is -2.25. The third-order valence-corrected chi connectivity index (χ3v) is 4.97. The second kappa shape index (κ2) is 7.90. The molecule has 1 aromatic heterocycles. The summed E-state index contributed by atoms with van der Waals surface area (Å²) in [6, 6.07) is 4.68. The minimum atomic E-state index is 0.491. The summed E-state index contributed by atoms with van der Waals surface area (Å²) in [4.78, 5) is 11.7. The number of aromatic nitrogens is 1. The van der Waals surface area contributed by atoms with Gasteiger partial charge in [-0.25, -0.2) is 9.98 Å². The zero-order chi connectivity index (χ0) is 16.9. The van der Waals surface area contributed by atoms with E-state index < -0.39 is 0 Å². The van der Waals surface area contributed by atoms with Crippen molar-refractivity contribution >= 4 is 11.5 Å². The number of aryl methyl sites for hydroxylation is 1. The molecule has 2 atom stereocenters. The highest BCUT2D eigenvalue weighted by Crippen LogP contribution is 2.22. The third-order valence-electron chi connectivity index (χ3n) is 4.97. The van der Waals surface area contributed by atoms with Crippen LogP contribution in [0, 0.1) is 12.8 Å². The van der Waals surface area contributed by atoms with E-state index in [1.165, 1.54) is 30.5 Å². The van der Waals surface area contributed by atoms with Crippen LogP contribution >= 0.6 is 0 Å². The van der Waals surface area contributed by atoms with Gasteiger partial charge in [0.2, 0.25) is 0 Å². The van der Waals surface area contributed by atoms with Crippen molar-refractivity contribution in [3.63, 3.8) is 0 Å². The van der Waals surface area contributed by atoms with Crippen molar-refractivity contribution < 1.29 is 0 Å². The summed E-state index contributed by atoms with van der Waals surface area (Å²) in [6.07, 6.45) is 5.61. The number of nitrogens with zero attached hydrogens (tertiary/aromatic N) is 3. The minimum absolute atomic E-state index is 0.491. The zero-order valence-corrected chi connectivity index (χ0v) is 14.9. The third kappa shape index (κ3) is 4.42. The number of nitrogens with one attached hydrogen (secondary N) is 2. The Labute approximate surface area is 145 Å². The molecule has 0 amide bonds. The maximum Gasteiger partial charge on any atom is 0.131 e. The summed E-state index contributed by atoms with van der Waals surface area (Å²) in [5, 5.41) is 6.71. The van der Waals surface area contributed by atoms with Crippen LogP contribution in [0.15, 0.2) is 35.7 Å². The Morgan fingerprint density at radius 2 is 2.29 bits per heavy atom. The lowest BCUT2D eigenvalue weighted by Crippen LogP contribution is -2.34. The first-order valence-electron chi connectivity index (χ1n) is 9.02. The molecule has 0 spiro atoms. The second-order valence-corrected chi connectivity index (χ2v) is 7.06. The number of hydrogen-bond donors (Lipinski definition) is 2. The van der Waals surface area contributed by atoms with E-state index in [0.717, 1.165) is 32.0 Å². The van der Waals surface area contributed by atoms with Gasteiger partial charge < -0.3 is 10.6 Å². The van der Waals surface area contributed by atoms with Crippen molar-refractivity contribution in [3.8, 4) is 0 Å². The number of rotatable bonds is 4. The van der Waals surface area contributed by atoms with E-state index in [4.69, 9.17) is 4.99 Å². The molecular weight excluding hydrogens is 298 g/mol. The van der Waals surface area contributed by atoms with E-state index in [9.17, 15) is 0 Å². The summed E-state index contributed by atoms with van der Waals surface area (Å²) in [5.41, 5.74) is 2.41. The molecule has 2 aliphatic rings. The lowest BCUT2D eigenvalue weighted by molar-refractivity contribution is 0.221. The average Bonchev–Trinajstić information content (AvgIpc) is 2.76. The van der Waals surface area contributed by atoms with Crippen molar-refractivity contribution in [1.29, 1.82) is 0 Å². The fourth-order valence-corrected chi connectivity index (χ4v) is 3.63. The quantitative estimate of drug-likeness (QED) is 0.893. The second-order valence-electron chi connectivity index (χ2n) is 7.06. The summed E-state index contributed by atoms with van der Waals surface area (Å²) in [7, 11) is 0. The molecule has 2 aliphatic heterocycles. The molecule has 2 saturated heterocycles. The smallest absolute Gasteiger partial charge is 0.131 e. The molecule has 0 radical (unpaired) electrons. The molecule has 5 nitrogen and oxygen atoms in total. The average molecular weight is 327 g/mol. The van der Waals surface area contributed by atoms with Crippen molar-refractivity contribution in [2.24, 2.45) is 10.9 Å². The predicted molar refractivity (Wildman–Crippen MR) is 100 cm³/mol. The van der Waals surface area contributed by atoms with Crippen LogP contribution in [0.3, 0.4) is 0 Å². The highest BCUT2D eigenvalue weighted by molar-refractivity contribution is 5.91. The molecule has 3 heterocycles. The molecule has 1 aromatic rings. The molecular formula is C19H29N5. The van der Waals surface area contributed by atoms with Gasteiger partial charge in [0.25, 0.3) is 0 Å². The van der Waals surface area contributed by atoms with Crippen LogP contribution in [0.1, 0.15) is 31.7 Å². The predicted octanol–water partition coefficient (Wildman–Crippen LogP) is 2.81. The Kier molecular flexibility index (Phi) is 5.63. The molecule has 24 heavy (non-hydrogen) atoms. The molecule has 2 N–H and O–H groups in total. The lowest BCUT2D eigenvalue weighted by atomic mass is 10.1. The Morgan fingerprint density at radius 1 is 1.42 bits per heavy atom. The zero-order valence-electron chi connectivity index (χ0n) is 14.9. The maximum atomic E-state index is 4.76. The maximum absolute atomic E-state index is 4.76. The summed E-state index contributed by atoms with van der Waals surface area (Å²) < 4.78 is 0. The molecule has 0 aliphatic carbocycles. The first-order chi connectivity index (χ1) is 11.6. The van der Waals surface area contributed by atoms with Crippen molar-refractivity contribution in [2.75, 3.05) is 31.5 Å². The molecule has 3 rings (SSSR count). The standard InChI is InChI=1S/C19H29N5/c1-14-6-10-21-19(11-14)23-16(3)22-18-13-24(12-15(18)2)17-5-4-8-20-9-7-17/h6,10-11,15,17,20H,3-5,7-9,12-13H2,1-2H3,(H,21,23). The largest absolute Gasteiger partial charge is 0.325 e. The normalized spacial score (nSPS) is 27.2. The minimum Gasteiger partial charge on any atom is -0.325 e. The van der Waals surface area contributed by atoms with E-state index in [-0.39, 0.29) is 0 Å². The fraction of sp³-hybridized carbons (Fsp3) is 0.579. The van der Waals surface area contributed by atoms with E-state index >= 15 is 0 Å².